The molecule has 1 atom stereocenters. The van der Waals surface area contributed by atoms with E-state index in [4.69, 9.17) is 5.73 Å². The van der Waals surface area contributed by atoms with Crippen LogP contribution in [0.4, 0.5) is 0 Å². The van der Waals surface area contributed by atoms with E-state index in [2.05, 4.69) is 17.1 Å². The minimum Gasteiger partial charge on any atom is -0.330 e. The fourth-order valence-corrected chi connectivity index (χ4v) is 2.01. The number of nitrogens with zero attached hydrogens (tertiary/aromatic N) is 3. The van der Waals surface area contributed by atoms with Gasteiger partial charge in [-0.05, 0) is 18.6 Å². The molecule has 4 heteroatoms. The van der Waals surface area contributed by atoms with Gasteiger partial charge in [-0.25, -0.2) is 0 Å². The van der Waals surface area contributed by atoms with Crippen LogP contribution in [0.3, 0.4) is 0 Å². The van der Waals surface area contributed by atoms with Gasteiger partial charge in [-0.2, -0.15) is 0 Å². The average Bonchev–Trinajstić information content (AvgIpc) is 2.86. The molecule has 1 aromatic carbocycles. The second kappa shape index (κ2) is 5.59. The van der Waals surface area contributed by atoms with Crippen LogP contribution in [0.1, 0.15) is 31.5 Å². The first kappa shape index (κ1) is 11.8. The number of nitrogens with two attached hydrogens (primary N) is 1. The second-order valence-electron chi connectivity index (χ2n) is 4.12. The van der Waals surface area contributed by atoms with Gasteiger partial charge in [0.05, 0.1) is 0 Å². The predicted octanol–water partition coefficient (Wildman–Crippen LogP) is 2.11. The average molecular weight is 230 g/mol. The molecule has 1 aromatic heterocycles. The van der Waals surface area contributed by atoms with E-state index >= 15 is 0 Å². The van der Waals surface area contributed by atoms with Crippen LogP contribution in [-0.2, 0) is 0 Å². The zero-order valence-corrected chi connectivity index (χ0v) is 10.1. The molecule has 1 unspecified atom stereocenters. The van der Waals surface area contributed by atoms with Crippen LogP contribution < -0.4 is 5.73 Å². The lowest BCUT2D eigenvalue weighted by Crippen LogP contribution is -2.16. The Balaban J connectivity index is 2.34. The molecule has 2 aromatic rings. The highest BCUT2D eigenvalue weighted by Crippen LogP contribution is 2.20. The summed E-state index contributed by atoms with van der Waals surface area (Å²) in [5, 5.41) is 8.22. The summed E-state index contributed by atoms with van der Waals surface area (Å²) in [7, 11) is 0. The van der Waals surface area contributed by atoms with Gasteiger partial charge in [0.25, 0.3) is 0 Å². The third-order valence-corrected chi connectivity index (χ3v) is 2.90. The Morgan fingerprint density at radius 1 is 1.29 bits per heavy atom. The van der Waals surface area contributed by atoms with E-state index in [1.807, 2.05) is 34.9 Å². The quantitative estimate of drug-likeness (QED) is 0.855. The lowest BCUT2D eigenvalue weighted by atomic mass is 10.0. The third kappa shape index (κ3) is 2.53. The molecule has 0 spiro atoms. The van der Waals surface area contributed by atoms with Crippen molar-refractivity contribution in [3.8, 4) is 5.69 Å². The zero-order chi connectivity index (χ0) is 12.1. The molecule has 2 rings (SSSR count). The standard InChI is InChI=1S/C13H18N4/c1-2-6-11(9-14)13-16-15-10-17(13)12-7-4-3-5-8-12/h3-5,7-8,10-11H,2,6,9,14H2,1H3. The van der Waals surface area contributed by atoms with Gasteiger partial charge >= 0.3 is 0 Å². The van der Waals surface area contributed by atoms with Crippen molar-refractivity contribution < 1.29 is 0 Å². The summed E-state index contributed by atoms with van der Waals surface area (Å²) in [6.45, 7) is 2.77. The normalized spacial score (nSPS) is 12.6. The van der Waals surface area contributed by atoms with Crippen LogP contribution in [0.15, 0.2) is 36.7 Å². The Bertz CT molecular complexity index is 449. The van der Waals surface area contributed by atoms with E-state index in [1.165, 1.54) is 0 Å². The first-order valence-electron chi connectivity index (χ1n) is 6.02. The fourth-order valence-electron chi connectivity index (χ4n) is 2.01. The summed E-state index contributed by atoms with van der Waals surface area (Å²) in [6.07, 6.45) is 3.90. The Morgan fingerprint density at radius 2 is 2.06 bits per heavy atom. The monoisotopic (exact) mass is 230 g/mol. The van der Waals surface area contributed by atoms with Gasteiger partial charge in [-0.1, -0.05) is 31.5 Å². The van der Waals surface area contributed by atoms with Crippen LogP contribution in [0.25, 0.3) is 5.69 Å². The summed E-state index contributed by atoms with van der Waals surface area (Å²) in [5.41, 5.74) is 6.90. The van der Waals surface area contributed by atoms with Crippen molar-refractivity contribution in [2.45, 2.75) is 25.7 Å². The lowest BCUT2D eigenvalue weighted by Gasteiger charge is -2.14. The molecule has 90 valence electrons. The third-order valence-electron chi connectivity index (χ3n) is 2.90. The largest absolute Gasteiger partial charge is 0.330 e. The van der Waals surface area contributed by atoms with E-state index in [0.29, 0.717) is 6.54 Å². The van der Waals surface area contributed by atoms with Gasteiger partial charge in [-0.3, -0.25) is 4.57 Å². The van der Waals surface area contributed by atoms with Crippen molar-refractivity contribution in [3.05, 3.63) is 42.5 Å². The highest BCUT2D eigenvalue weighted by Gasteiger charge is 2.16. The summed E-state index contributed by atoms with van der Waals surface area (Å²) >= 11 is 0. The predicted molar refractivity (Wildman–Crippen MR) is 68.1 cm³/mol. The van der Waals surface area contributed by atoms with Gasteiger partial charge < -0.3 is 5.73 Å². The molecule has 0 aliphatic heterocycles. The molecule has 0 saturated carbocycles. The number of hydrogen-bond donors (Lipinski definition) is 1. The summed E-state index contributed by atoms with van der Waals surface area (Å²) in [6, 6.07) is 10.1. The minimum atomic E-state index is 0.280. The summed E-state index contributed by atoms with van der Waals surface area (Å²) in [5.74, 6) is 1.24. The van der Waals surface area contributed by atoms with Gasteiger partial charge in [0.1, 0.15) is 12.2 Å². The van der Waals surface area contributed by atoms with Crippen LogP contribution >= 0.6 is 0 Å². The van der Waals surface area contributed by atoms with Crippen molar-refractivity contribution in [3.63, 3.8) is 0 Å². The zero-order valence-electron chi connectivity index (χ0n) is 10.1. The Labute approximate surface area is 101 Å². The van der Waals surface area contributed by atoms with Gasteiger partial charge in [0.2, 0.25) is 0 Å². The van der Waals surface area contributed by atoms with Gasteiger partial charge in [0.15, 0.2) is 0 Å². The van der Waals surface area contributed by atoms with Gasteiger partial charge in [0, 0.05) is 18.2 Å². The molecule has 0 amide bonds. The molecule has 2 N–H and O–H groups in total. The lowest BCUT2D eigenvalue weighted by molar-refractivity contribution is 0.578. The summed E-state index contributed by atoms with van der Waals surface area (Å²) in [4.78, 5) is 0. The van der Waals surface area contributed by atoms with Crippen molar-refractivity contribution in [2.75, 3.05) is 6.54 Å². The van der Waals surface area contributed by atoms with Crippen LogP contribution in [-0.4, -0.2) is 21.3 Å². The van der Waals surface area contributed by atoms with Crippen molar-refractivity contribution >= 4 is 0 Å². The highest BCUT2D eigenvalue weighted by molar-refractivity contribution is 5.32. The molecule has 17 heavy (non-hydrogen) atoms. The molecule has 0 aliphatic carbocycles. The molecule has 4 nitrogen and oxygen atoms in total. The molecule has 0 aliphatic rings. The minimum absolute atomic E-state index is 0.280. The number of para-hydroxylation sites is 1. The van der Waals surface area contributed by atoms with Crippen LogP contribution in [0.5, 0.6) is 0 Å². The van der Waals surface area contributed by atoms with Crippen LogP contribution in [0.2, 0.25) is 0 Å². The molecule has 0 radical (unpaired) electrons. The SMILES string of the molecule is CCCC(CN)c1nncn1-c1ccccc1. The second-order valence-corrected chi connectivity index (χ2v) is 4.12. The first-order valence-corrected chi connectivity index (χ1v) is 6.02. The molecular formula is C13H18N4. The maximum Gasteiger partial charge on any atom is 0.141 e. The van der Waals surface area contributed by atoms with Crippen molar-refractivity contribution in [2.24, 2.45) is 5.73 Å². The molecule has 0 saturated heterocycles. The molecule has 1 heterocycles. The van der Waals surface area contributed by atoms with Gasteiger partial charge in [-0.15, -0.1) is 10.2 Å². The summed E-state index contributed by atoms with van der Waals surface area (Å²) < 4.78 is 2.02. The number of benzene rings is 1. The van der Waals surface area contributed by atoms with E-state index < -0.39 is 0 Å². The maximum absolute atomic E-state index is 5.82. The number of rotatable bonds is 5. The van der Waals surface area contributed by atoms with E-state index in [1.54, 1.807) is 6.33 Å². The molecule has 0 bridgehead atoms. The Morgan fingerprint density at radius 3 is 2.71 bits per heavy atom. The Hall–Kier alpha value is -1.68. The number of hydrogen-bond acceptors (Lipinski definition) is 3. The molecular weight excluding hydrogens is 212 g/mol. The van der Waals surface area contributed by atoms with E-state index in [0.717, 1.165) is 24.4 Å². The molecule has 0 fully saturated rings. The smallest absolute Gasteiger partial charge is 0.141 e. The fraction of sp³-hybridized carbons (Fsp3) is 0.385. The topological polar surface area (TPSA) is 56.7 Å². The van der Waals surface area contributed by atoms with Crippen molar-refractivity contribution in [1.29, 1.82) is 0 Å². The number of aromatic nitrogens is 3. The van der Waals surface area contributed by atoms with E-state index in [-0.39, 0.29) is 5.92 Å². The first-order chi connectivity index (χ1) is 8.36. The van der Waals surface area contributed by atoms with Crippen molar-refractivity contribution in [1.82, 2.24) is 14.8 Å². The Kier molecular flexibility index (Phi) is 3.88. The highest BCUT2D eigenvalue weighted by atomic mass is 15.3. The maximum atomic E-state index is 5.82. The van der Waals surface area contributed by atoms with Crippen LogP contribution in [0, 0.1) is 0 Å². The van der Waals surface area contributed by atoms with E-state index in [9.17, 15) is 0 Å².